The van der Waals surface area contributed by atoms with Crippen molar-refractivity contribution in [1.29, 1.82) is 5.26 Å². The second-order valence-corrected chi connectivity index (χ2v) is 4.67. The van der Waals surface area contributed by atoms with Gasteiger partial charge in [0.15, 0.2) is 0 Å². The van der Waals surface area contributed by atoms with Gasteiger partial charge in [0.25, 0.3) is 0 Å². The number of fused-ring (bicyclic) bond motifs is 1. The van der Waals surface area contributed by atoms with Crippen molar-refractivity contribution < 1.29 is 5.11 Å². The van der Waals surface area contributed by atoms with Gasteiger partial charge in [-0.3, -0.25) is 0 Å². The highest BCUT2D eigenvalue weighted by Gasteiger charge is 2.23. The number of aliphatic hydroxyl groups is 1. The lowest BCUT2D eigenvalue weighted by Crippen LogP contribution is -2.08. The zero-order valence-corrected chi connectivity index (χ0v) is 10.4. The topological polar surface area (TPSA) is 101 Å². The summed E-state index contributed by atoms with van der Waals surface area (Å²) in [7, 11) is 0. The van der Waals surface area contributed by atoms with Crippen LogP contribution in [0.1, 0.15) is 23.9 Å². The summed E-state index contributed by atoms with van der Waals surface area (Å²) in [4.78, 5) is 8.48. The van der Waals surface area contributed by atoms with E-state index in [1.807, 2.05) is 10.6 Å². The van der Waals surface area contributed by atoms with Gasteiger partial charge in [0.1, 0.15) is 23.4 Å². The summed E-state index contributed by atoms with van der Waals surface area (Å²) in [5.74, 6) is 0.886. The van der Waals surface area contributed by atoms with Crippen LogP contribution >= 0.6 is 0 Å². The van der Waals surface area contributed by atoms with Gasteiger partial charge in [-0.25, -0.2) is 9.97 Å². The van der Waals surface area contributed by atoms with Crippen molar-refractivity contribution in [3.63, 3.8) is 0 Å². The van der Waals surface area contributed by atoms with Crippen LogP contribution in [-0.2, 0) is 0 Å². The molecule has 6 heteroatoms. The highest BCUT2D eigenvalue weighted by molar-refractivity contribution is 5.92. The van der Waals surface area contributed by atoms with E-state index < -0.39 is 6.10 Å². The first-order chi connectivity index (χ1) is 9.10. The van der Waals surface area contributed by atoms with E-state index in [9.17, 15) is 10.4 Å². The van der Waals surface area contributed by atoms with Crippen molar-refractivity contribution in [2.24, 2.45) is 0 Å². The molecule has 6 nitrogen and oxygen atoms in total. The van der Waals surface area contributed by atoms with Crippen LogP contribution < -0.4 is 5.73 Å². The highest BCUT2D eigenvalue weighted by atomic mass is 16.3. The Morgan fingerprint density at radius 2 is 2.26 bits per heavy atom. The first kappa shape index (κ1) is 11.7. The predicted octanol–water partition coefficient (Wildman–Crippen LogP) is 1.06. The number of hydrogen-bond acceptors (Lipinski definition) is 5. The molecule has 0 amide bonds. The number of allylic oxidation sites excluding steroid dienone is 1. The third-order valence-electron chi connectivity index (χ3n) is 3.33. The second kappa shape index (κ2) is 4.07. The van der Waals surface area contributed by atoms with E-state index >= 15 is 0 Å². The first-order valence-corrected chi connectivity index (χ1v) is 6.01. The predicted molar refractivity (Wildman–Crippen MR) is 70.2 cm³/mol. The lowest BCUT2D eigenvalue weighted by molar-refractivity contribution is 0.211. The van der Waals surface area contributed by atoms with Crippen LogP contribution in [0.3, 0.4) is 0 Å². The molecular weight excluding hydrogens is 242 g/mol. The maximum Gasteiger partial charge on any atom is 0.147 e. The Balaban J connectivity index is 2.26. The minimum Gasteiger partial charge on any atom is -0.389 e. The highest BCUT2D eigenvalue weighted by Crippen LogP contribution is 2.31. The fraction of sp³-hybridized carbons (Fsp3) is 0.308. The number of rotatable bonds is 1. The molecule has 2 atom stereocenters. The largest absolute Gasteiger partial charge is 0.389 e. The first-order valence-electron chi connectivity index (χ1n) is 6.01. The van der Waals surface area contributed by atoms with Crippen molar-refractivity contribution in [1.82, 2.24) is 14.5 Å². The summed E-state index contributed by atoms with van der Waals surface area (Å²) in [6.45, 7) is 1.76. The molecule has 1 aliphatic rings. The van der Waals surface area contributed by atoms with Crippen molar-refractivity contribution in [3.05, 3.63) is 29.7 Å². The summed E-state index contributed by atoms with van der Waals surface area (Å²) in [5.41, 5.74) is 6.99. The Bertz CT molecular complexity index is 725. The number of nitrogen functional groups attached to an aromatic ring is 1. The van der Waals surface area contributed by atoms with E-state index in [1.165, 1.54) is 0 Å². The van der Waals surface area contributed by atoms with Crippen LogP contribution in [0, 0.1) is 18.3 Å². The van der Waals surface area contributed by atoms with E-state index in [0.29, 0.717) is 34.7 Å². The number of aromatic nitrogens is 3. The number of aryl methyl sites for hydroxylation is 1. The van der Waals surface area contributed by atoms with Crippen molar-refractivity contribution in [2.75, 3.05) is 5.73 Å². The molecule has 96 valence electrons. The molecule has 2 aromatic heterocycles. The average molecular weight is 255 g/mol. The van der Waals surface area contributed by atoms with Gasteiger partial charge in [0.05, 0.1) is 23.1 Å². The minimum absolute atomic E-state index is 0.00620. The molecule has 0 saturated heterocycles. The molecule has 3 rings (SSSR count). The monoisotopic (exact) mass is 255 g/mol. The van der Waals surface area contributed by atoms with Crippen molar-refractivity contribution in [2.45, 2.75) is 25.5 Å². The molecule has 3 N–H and O–H groups in total. The summed E-state index contributed by atoms with van der Waals surface area (Å²) >= 11 is 0. The molecule has 19 heavy (non-hydrogen) atoms. The van der Waals surface area contributed by atoms with Gasteiger partial charge in [-0.05, 0) is 6.92 Å². The van der Waals surface area contributed by atoms with E-state index in [1.54, 1.807) is 19.2 Å². The third kappa shape index (κ3) is 1.75. The number of hydrogen-bond donors (Lipinski definition) is 2. The Kier molecular flexibility index (Phi) is 2.50. The molecule has 0 spiro atoms. The van der Waals surface area contributed by atoms with E-state index in [-0.39, 0.29) is 6.04 Å². The molecule has 0 aromatic carbocycles. The van der Waals surface area contributed by atoms with Gasteiger partial charge >= 0.3 is 0 Å². The summed E-state index contributed by atoms with van der Waals surface area (Å²) < 4.78 is 1.88. The number of nitrogens with two attached hydrogens (primary N) is 1. The number of anilines is 1. The van der Waals surface area contributed by atoms with E-state index in [4.69, 9.17) is 5.73 Å². The number of aliphatic hydroxyl groups excluding tert-OH is 1. The van der Waals surface area contributed by atoms with E-state index in [0.717, 1.165) is 0 Å². The van der Waals surface area contributed by atoms with Crippen LogP contribution in [0.2, 0.25) is 0 Å². The quantitative estimate of drug-likeness (QED) is 0.742. The zero-order chi connectivity index (χ0) is 13.6. The van der Waals surface area contributed by atoms with Gasteiger partial charge in [-0.15, -0.1) is 0 Å². The molecule has 0 saturated carbocycles. The van der Waals surface area contributed by atoms with Crippen molar-refractivity contribution in [3.8, 4) is 6.07 Å². The zero-order valence-electron chi connectivity index (χ0n) is 10.4. The Labute approximate surface area is 109 Å². The van der Waals surface area contributed by atoms with Crippen LogP contribution in [0.15, 0.2) is 18.3 Å². The van der Waals surface area contributed by atoms with Gasteiger partial charge in [0, 0.05) is 12.6 Å². The fourth-order valence-corrected chi connectivity index (χ4v) is 2.49. The average Bonchev–Trinajstić information content (AvgIpc) is 2.92. The lowest BCUT2D eigenvalue weighted by atomic mass is 10.2. The van der Waals surface area contributed by atoms with Gasteiger partial charge in [-0.1, -0.05) is 12.2 Å². The maximum atomic E-state index is 9.58. The standard InChI is InChI=1S/C13H13N5O/c1-7-16-12(15)11-8(5-14)6-18(13(11)17-7)9-2-3-10(19)4-9/h2-3,6,9-10,19H,4H2,1H3,(H2,15,16,17)/t9-,10+/m0/s1. The minimum atomic E-state index is -0.451. The van der Waals surface area contributed by atoms with Crippen molar-refractivity contribution >= 4 is 16.9 Å². The summed E-state index contributed by atoms with van der Waals surface area (Å²) in [6.07, 6.45) is 5.52. The number of nitriles is 1. The Hall–Kier alpha value is -2.39. The fourth-order valence-electron chi connectivity index (χ4n) is 2.49. The summed E-state index contributed by atoms with van der Waals surface area (Å²) in [6, 6.07) is 2.11. The third-order valence-corrected chi connectivity index (χ3v) is 3.33. The van der Waals surface area contributed by atoms with Crippen LogP contribution in [0.4, 0.5) is 5.82 Å². The molecule has 0 fully saturated rings. The Morgan fingerprint density at radius 3 is 2.89 bits per heavy atom. The molecule has 1 aliphatic carbocycles. The van der Waals surface area contributed by atoms with Crippen LogP contribution in [0.25, 0.3) is 11.0 Å². The molecule has 0 aliphatic heterocycles. The van der Waals surface area contributed by atoms with Gasteiger partial charge in [-0.2, -0.15) is 5.26 Å². The molecule has 2 heterocycles. The smallest absolute Gasteiger partial charge is 0.147 e. The van der Waals surface area contributed by atoms with Gasteiger partial charge < -0.3 is 15.4 Å². The normalized spacial score (nSPS) is 21.9. The molecular formula is C13H13N5O. The maximum absolute atomic E-state index is 9.58. The SMILES string of the molecule is Cc1nc(N)c2c(C#N)cn([C@H]3C=C[C@@H](O)C3)c2n1. The van der Waals surface area contributed by atoms with Crippen LogP contribution in [-0.4, -0.2) is 25.7 Å². The summed E-state index contributed by atoms with van der Waals surface area (Å²) in [5, 5.41) is 19.4. The molecule has 0 bridgehead atoms. The molecule has 2 aromatic rings. The lowest BCUT2D eigenvalue weighted by Gasteiger charge is -2.12. The van der Waals surface area contributed by atoms with E-state index in [2.05, 4.69) is 16.0 Å². The van der Waals surface area contributed by atoms with Crippen LogP contribution in [0.5, 0.6) is 0 Å². The molecule has 0 unspecified atom stereocenters. The Morgan fingerprint density at radius 1 is 1.47 bits per heavy atom. The van der Waals surface area contributed by atoms with Gasteiger partial charge in [0.2, 0.25) is 0 Å². The number of nitrogens with zero attached hydrogens (tertiary/aromatic N) is 4. The second-order valence-electron chi connectivity index (χ2n) is 4.67. The molecule has 0 radical (unpaired) electrons.